The molecule has 1 aliphatic rings. The number of para-hydroxylation sites is 1. The molecule has 1 amide bonds. The Morgan fingerprint density at radius 2 is 2.03 bits per heavy atom. The summed E-state index contributed by atoms with van der Waals surface area (Å²) in [6, 6.07) is 11.2. The number of sulfonamides is 1. The number of benzene rings is 2. The fourth-order valence-corrected chi connectivity index (χ4v) is 6.26. The summed E-state index contributed by atoms with van der Waals surface area (Å²) in [6.45, 7) is 2.37. The number of nitrogens with one attached hydrogen (secondary N) is 1. The first-order valence-corrected chi connectivity index (χ1v) is 12.0. The van der Waals surface area contributed by atoms with E-state index in [9.17, 15) is 13.2 Å². The summed E-state index contributed by atoms with van der Waals surface area (Å²) in [4.78, 5) is 17.6. The van der Waals surface area contributed by atoms with Crippen molar-refractivity contribution >= 4 is 54.2 Å². The molecule has 1 saturated heterocycles. The minimum Gasteiger partial charge on any atom is -0.301 e. The highest BCUT2D eigenvalue weighted by atomic mass is 35.5. The van der Waals surface area contributed by atoms with Gasteiger partial charge in [-0.3, -0.25) is 4.79 Å². The van der Waals surface area contributed by atoms with Crippen LogP contribution in [0.2, 0.25) is 5.02 Å². The smallest absolute Gasteiger partial charge is 0.244 e. The van der Waals surface area contributed by atoms with Crippen LogP contribution in [-0.2, 0) is 21.2 Å². The molecule has 1 fully saturated rings. The molecule has 0 bridgehead atoms. The van der Waals surface area contributed by atoms with E-state index >= 15 is 0 Å². The van der Waals surface area contributed by atoms with Crippen molar-refractivity contribution in [2.24, 2.45) is 0 Å². The first-order chi connectivity index (χ1) is 13.9. The van der Waals surface area contributed by atoms with Crippen molar-refractivity contribution < 1.29 is 13.2 Å². The predicted molar refractivity (Wildman–Crippen MR) is 116 cm³/mol. The fraction of sp³-hybridized carbons (Fsp3) is 0.300. The van der Waals surface area contributed by atoms with Gasteiger partial charge >= 0.3 is 0 Å². The third-order valence-corrected chi connectivity index (χ3v) is 8.15. The van der Waals surface area contributed by atoms with Crippen LogP contribution in [0, 0.1) is 0 Å². The quantitative estimate of drug-likeness (QED) is 0.629. The van der Waals surface area contributed by atoms with E-state index in [1.54, 1.807) is 0 Å². The third-order valence-electron chi connectivity index (χ3n) is 5.04. The van der Waals surface area contributed by atoms with Crippen molar-refractivity contribution in [3.05, 3.63) is 53.1 Å². The van der Waals surface area contributed by atoms with Crippen LogP contribution in [0.5, 0.6) is 0 Å². The second-order valence-electron chi connectivity index (χ2n) is 6.85. The van der Waals surface area contributed by atoms with Crippen molar-refractivity contribution in [1.29, 1.82) is 0 Å². The number of hydrogen-bond donors (Lipinski definition) is 1. The summed E-state index contributed by atoms with van der Waals surface area (Å²) < 4.78 is 28.3. The van der Waals surface area contributed by atoms with Gasteiger partial charge < -0.3 is 5.32 Å². The van der Waals surface area contributed by atoms with Crippen LogP contribution in [-0.4, -0.2) is 36.2 Å². The molecule has 1 atom stereocenters. The number of nitrogens with zero attached hydrogens (tertiary/aromatic N) is 2. The highest BCUT2D eigenvalue weighted by Crippen LogP contribution is 2.31. The summed E-state index contributed by atoms with van der Waals surface area (Å²) in [5, 5.41) is 3.78. The lowest BCUT2D eigenvalue weighted by atomic mass is 10.1. The predicted octanol–water partition coefficient (Wildman–Crippen LogP) is 4.30. The third kappa shape index (κ3) is 3.90. The Bertz CT molecular complexity index is 1160. The molecule has 9 heteroatoms. The van der Waals surface area contributed by atoms with Gasteiger partial charge in [-0.15, -0.1) is 0 Å². The molecule has 6 nitrogen and oxygen atoms in total. The number of carbonyl (C=O) groups excluding carboxylic acids is 1. The number of fused-ring (bicyclic) bond motifs is 1. The van der Waals surface area contributed by atoms with Gasteiger partial charge in [0.05, 0.1) is 15.1 Å². The van der Waals surface area contributed by atoms with E-state index in [2.05, 4.69) is 17.2 Å². The van der Waals surface area contributed by atoms with Gasteiger partial charge in [-0.2, -0.15) is 4.31 Å². The summed E-state index contributed by atoms with van der Waals surface area (Å²) in [5.74, 6) is -0.350. The van der Waals surface area contributed by atoms with Gasteiger partial charge in [0.2, 0.25) is 15.9 Å². The van der Waals surface area contributed by atoms with E-state index in [4.69, 9.17) is 11.6 Å². The maximum absolute atomic E-state index is 13.0. The molecule has 1 N–H and O–H groups in total. The molecular weight excluding hydrogens is 430 g/mol. The highest BCUT2D eigenvalue weighted by molar-refractivity contribution is 7.89. The largest absolute Gasteiger partial charge is 0.301 e. The fourth-order valence-electron chi connectivity index (χ4n) is 3.56. The number of aromatic nitrogens is 1. The molecule has 0 saturated carbocycles. The number of anilines is 1. The average molecular weight is 450 g/mol. The lowest BCUT2D eigenvalue weighted by molar-refractivity contribution is -0.119. The molecule has 1 unspecified atom stereocenters. The summed E-state index contributed by atoms with van der Waals surface area (Å²) in [5.41, 5.74) is 2.00. The van der Waals surface area contributed by atoms with Crippen LogP contribution in [0.15, 0.2) is 47.4 Å². The topological polar surface area (TPSA) is 79.4 Å². The average Bonchev–Trinajstić information content (AvgIpc) is 3.35. The first-order valence-electron chi connectivity index (χ1n) is 9.37. The molecule has 4 rings (SSSR count). The van der Waals surface area contributed by atoms with Crippen LogP contribution < -0.4 is 5.32 Å². The van der Waals surface area contributed by atoms with Gasteiger partial charge in [0.1, 0.15) is 6.04 Å². The lowest BCUT2D eigenvalue weighted by Gasteiger charge is -2.23. The molecule has 1 aromatic heterocycles. The number of amides is 1. The van der Waals surface area contributed by atoms with E-state index in [1.165, 1.54) is 39.9 Å². The molecule has 3 aromatic rings. The van der Waals surface area contributed by atoms with Gasteiger partial charge in [0, 0.05) is 11.6 Å². The minimum atomic E-state index is -3.78. The summed E-state index contributed by atoms with van der Waals surface area (Å²) >= 11 is 7.26. The van der Waals surface area contributed by atoms with Gasteiger partial charge in [0.15, 0.2) is 5.13 Å². The Labute approximate surface area is 178 Å². The van der Waals surface area contributed by atoms with Gasteiger partial charge in [-0.05, 0) is 55.2 Å². The number of thiazole rings is 1. The number of rotatable bonds is 5. The van der Waals surface area contributed by atoms with E-state index in [0.29, 0.717) is 29.5 Å². The SMILES string of the molecule is CCc1cccc2sc(NC(=O)C3CCCN3S(=O)(=O)c3ccc(Cl)cc3)nc12. The molecule has 2 aromatic carbocycles. The van der Waals surface area contributed by atoms with Gasteiger partial charge in [-0.25, -0.2) is 13.4 Å². The monoisotopic (exact) mass is 449 g/mol. The molecule has 2 heterocycles. The minimum absolute atomic E-state index is 0.133. The van der Waals surface area contributed by atoms with Crippen molar-refractivity contribution in [1.82, 2.24) is 9.29 Å². The normalized spacial score (nSPS) is 17.7. The van der Waals surface area contributed by atoms with E-state index in [0.717, 1.165) is 22.2 Å². The molecule has 1 aliphatic heterocycles. The Morgan fingerprint density at radius 1 is 1.28 bits per heavy atom. The molecule has 0 aliphatic carbocycles. The standard InChI is InChI=1S/C20H20ClN3O3S2/c1-2-13-5-3-7-17-18(13)22-20(28-17)23-19(25)16-6-4-12-24(16)29(26,27)15-10-8-14(21)9-11-15/h3,5,7-11,16H,2,4,6,12H2,1H3,(H,22,23,25). The summed E-state index contributed by atoms with van der Waals surface area (Å²) in [6.07, 6.45) is 1.96. The maximum Gasteiger partial charge on any atom is 0.244 e. The van der Waals surface area contributed by atoms with Crippen LogP contribution in [0.3, 0.4) is 0 Å². The molecule has 29 heavy (non-hydrogen) atoms. The van der Waals surface area contributed by atoms with Crippen LogP contribution in [0.25, 0.3) is 10.2 Å². The number of hydrogen-bond acceptors (Lipinski definition) is 5. The zero-order valence-electron chi connectivity index (χ0n) is 15.8. The van der Waals surface area contributed by atoms with E-state index in [1.807, 2.05) is 18.2 Å². The molecule has 0 radical (unpaired) electrons. The highest BCUT2D eigenvalue weighted by Gasteiger charge is 2.39. The van der Waals surface area contributed by atoms with Gasteiger partial charge in [0.25, 0.3) is 0 Å². The second kappa shape index (κ2) is 8.02. The lowest BCUT2D eigenvalue weighted by Crippen LogP contribution is -2.43. The van der Waals surface area contributed by atoms with Crippen LogP contribution in [0.4, 0.5) is 5.13 Å². The number of carbonyl (C=O) groups is 1. The van der Waals surface area contributed by atoms with Crippen LogP contribution >= 0.6 is 22.9 Å². The zero-order valence-corrected chi connectivity index (χ0v) is 18.1. The Hall–Kier alpha value is -2.00. The zero-order chi connectivity index (χ0) is 20.6. The van der Waals surface area contributed by atoms with Crippen molar-refractivity contribution in [2.45, 2.75) is 37.1 Å². The van der Waals surface area contributed by atoms with Crippen molar-refractivity contribution in [3.8, 4) is 0 Å². The number of halogens is 1. The second-order valence-corrected chi connectivity index (χ2v) is 10.2. The Balaban J connectivity index is 1.57. The van der Waals surface area contributed by atoms with Crippen molar-refractivity contribution in [3.63, 3.8) is 0 Å². The van der Waals surface area contributed by atoms with Crippen LogP contribution in [0.1, 0.15) is 25.3 Å². The number of aryl methyl sites for hydroxylation is 1. The molecule has 152 valence electrons. The Morgan fingerprint density at radius 3 is 2.76 bits per heavy atom. The van der Waals surface area contributed by atoms with Crippen molar-refractivity contribution in [2.75, 3.05) is 11.9 Å². The molecule has 0 spiro atoms. The first kappa shape index (κ1) is 20.3. The Kier molecular flexibility index (Phi) is 5.61. The van der Waals surface area contributed by atoms with E-state index < -0.39 is 16.1 Å². The molecular formula is C20H20ClN3O3S2. The van der Waals surface area contributed by atoms with E-state index in [-0.39, 0.29) is 10.8 Å². The summed E-state index contributed by atoms with van der Waals surface area (Å²) in [7, 11) is -3.78. The van der Waals surface area contributed by atoms with Gasteiger partial charge in [-0.1, -0.05) is 42.0 Å². The maximum atomic E-state index is 13.0.